The predicted octanol–water partition coefficient (Wildman–Crippen LogP) is 2.23. The molecule has 1 unspecified atom stereocenters. The maximum atomic E-state index is 14.2. The summed E-state index contributed by atoms with van der Waals surface area (Å²) in [6.07, 6.45) is 0.975. The molecule has 4 amide bonds. The fourth-order valence-corrected chi connectivity index (χ4v) is 5.39. The van der Waals surface area contributed by atoms with Crippen molar-refractivity contribution in [3.05, 3.63) is 102 Å². The fourth-order valence-electron chi connectivity index (χ4n) is 5.39. The Morgan fingerprint density at radius 2 is 1.84 bits per heavy atom. The van der Waals surface area contributed by atoms with Crippen molar-refractivity contribution in [1.82, 2.24) is 35.9 Å². The van der Waals surface area contributed by atoms with Crippen LogP contribution < -0.4 is 21.7 Å². The van der Waals surface area contributed by atoms with E-state index in [9.17, 15) is 19.5 Å². The second-order valence-electron chi connectivity index (χ2n) is 10.6. The summed E-state index contributed by atoms with van der Waals surface area (Å²) in [6, 6.07) is 20.1. The summed E-state index contributed by atoms with van der Waals surface area (Å²) in [5.41, 5.74) is 9.19. The van der Waals surface area contributed by atoms with Gasteiger partial charge in [0.1, 0.15) is 18.0 Å². The zero-order valence-electron chi connectivity index (χ0n) is 24.2. The van der Waals surface area contributed by atoms with Crippen LogP contribution in [0.25, 0.3) is 10.9 Å². The SMILES string of the molecule is C=CCNCC(=O)N1C(Cc2ccc(O)cc2)C(=O)N(Cc2cccc3c(N)n[nH]c23)C[C@@H]1NC(=O)NCc1ccccc1. The van der Waals surface area contributed by atoms with E-state index in [0.29, 0.717) is 17.9 Å². The first-order chi connectivity index (χ1) is 21.3. The van der Waals surface area contributed by atoms with E-state index in [1.54, 1.807) is 23.1 Å². The molecule has 4 aromatic rings. The van der Waals surface area contributed by atoms with Gasteiger partial charge in [0.25, 0.3) is 0 Å². The number of nitrogens with zero attached hydrogens (tertiary/aromatic N) is 3. The van der Waals surface area contributed by atoms with Crippen molar-refractivity contribution >= 4 is 34.6 Å². The Kier molecular flexibility index (Phi) is 9.40. The highest BCUT2D eigenvalue weighted by Crippen LogP contribution is 2.26. The molecule has 44 heavy (non-hydrogen) atoms. The molecule has 1 saturated heterocycles. The minimum atomic E-state index is -0.934. The van der Waals surface area contributed by atoms with Crippen LogP contribution >= 0.6 is 0 Å². The van der Waals surface area contributed by atoms with Gasteiger partial charge in [-0.1, -0.05) is 60.7 Å². The van der Waals surface area contributed by atoms with Gasteiger partial charge in [-0.2, -0.15) is 5.10 Å². The number of aromatic amines is 1. The van der Waals surface area contributed by atoms with Crippen molar-refractivity contribution in [2.45, 2.75) is 31.7 Å². The molecule has 1 fully saturated rings. The van der Waals surface area contributed by atoms with Gasteiger partial charge in [0.15, 0.2) is 5.82 Å². The third kappa shape index (κ3) is 6.98. The van der Waals surface area contributed by atoms with E-state index in [-0.39, 0.29) is 50.2 Å². The van der Waals surface area contributed by atoms with E-state index in [2.05, 4.69) is 32.7 Å². The highest BCUT2D eigenvalue weighted by atomic mass is 16.3. The topological polar surface area (TPSA) is 169 Å². The Balaban J connectivity index is 1.46. The molecule has 0 bridgehead atoms. The quantitative estimate of drug-likeness (QED) is 0.114. The lowest BCUT2D eigenvalue weighted by Gasteiger charge is -2.46. The molecule has 0 radical (unpaired) electrons. The molecule has 228 valence electrons. The summed E-state index contributed by atoms with van der Waals surface area (Å²) >= 11 is 0. The molecule has 0 aliphatic carbocycles. The van der Waals surface area contributed by atoms with Crippen LogP contribution in [0.4, 0.5) is 10.6 Å². The summed E-state index contributed by atoms with van der Waals surface area (Å²) < 4.78 is 0. The number of rotatable bonds is 11. The molecule has 1 aromatic heterocycles. The second kappa shape index (κ2) is 13.7. The summed E-state index contributed by atoms with van der Waals surface area (Å²) in [5, 5.41) is 26.4. The average Bonchev–Trinajstić information content (AvgIpc) is 3.41. The largest absolute Gasteiger partial charge is 0.508 e. The molecule has 5 rings (SSSR count). The summed E-state index contributed by atoms with van der Waals surface area (Å²) in [7, 11) is 0. The van der Waals surface area contributed by atoms with Gasteiger partial charge in [-0.25, -0.2) is 4.79 Å². The van der Waals surface area contributed by atoms with Gasteiger partial charge in [-0.3, -0.25) is 14.7 Å². The third-order valence-electron chi connectivity index (χ3n) is 7.55. The monoisotopic (exact) mass is 596 g/mol. The van der Waals surface area contributed by atoms with E-state index in [1.807, 2.05) is 48.5 Å². The molecule has 0 saturated carbocycles. The van der Waals surface area contributed by atoms with Gasteiger partial charge in [-0.15, -0.1) is 6.58 Å². The third-order valence-corrected chi connectivity index (χ3v) is 7.55. The van der Waals surface area contributed by atoms with Gasteiger partial charge >= 0.3 is 6.03 Å². The summed E-state index contributed by atoms with van der Waals surface area (Å²) in [6.45, 7) is 4.57. The number of para-hydroxylation sites is 1. The number of fused-ring (bicyclic) bond motifs is 1. The molecular formula is C32H36N8O4. The van der Waals surface area contributed by atoms with E-state index in [0.717, 1.165) is 22.1 Å². The summed E-state index contributed by atoms with van der Waals surface area (Å²) in [5.74, 6) is -0.174. The maximum absolute atomic E-state index is 14.2. The number of anilines is 1. The molecule has 7 N–H and O–H groups in total. The molecule has 2 heterocycles. The first-order valence-corrected chi connectivity index (χ1v) is 14.3. The molecule has 1 aliphatic rings. The van der Waals surface area contributed by atoms with Crippen molar-refractivity contribution in [3.8, 4) is 5.75 Å². The Morgan fingerprint density at radius 3 is 2.59 bits per heavy atom. The number of urea groups is 1. The van der Waals surface area contributed by atoms with Crippen LogP contribution in [0, 0.1) is 0 Å². The number of amides is 4. The second-order valence-corrected chi connectivity index (χ2v) is 10.6. The van der Waals surface area contributed by atoms with Crippen LogP contribution in [0.5, 0.6) is 5.75 Å². The van der Waals surface area contributed by atoms with Gasteiger partial charge in [0, 0.05) is 31.4 Å². The maximum Gasteiger partial charge on any atom is 0.316 e. The minimum absolute atomic E-state index is 0.0525. The number of hydrogen-bond donors (Lipinski definition) is 6. The molecule has 3 aromatic carbocycles. The number of phenolic OH excluding ortho intramolecular Hbond substituents is 1. The normalized spacial score (nSPS) is 16.6. The van der Waals surface area contributed by atoms with Gasteiger partial charge in [0.2, 0.25) is 11.8 Å². The van der Waals surface area contributed by atoms with E-state index in [1.165, 1.54) is 17.0 Å². The van der Waals surface area contributed by atoms with Gasteiger partial charge in [-0.05, 0) is 34.9 Å². The van der Waals surface area contributed by atoms with Crippen LogP contribution in [0.2, 0.25) is 0 Å². The average molecular weight is 597 g/mol. The Labute approximate surface area is 254 Å². The van der Waals surface area contributed by atoms with Crippen LogP contribution in [0.3, 0.4) is 0 Å². The Bertz CT molecular complexity index is 1620. The lowest BCUT2D eigenvalue weighted by Crippen LogP contribution is -2.69. The number of piperazine rings is 1. The number of carbonyl (C=O) groups is 3. The summed E-state index contributed by atoms with van der Waals surface area (Å²) in [4.78, 5) is 44.2. The van der Waals surface area contributed by atoms with Crippen LogP contribution in [-0.2, 0) is 29.1 Å². The Hall–Kier alpha value is -5.36. The van der Waals surface area contributed by atoms with Crippen molar-refractivity contribution in [2.75, 3.05) is 25.4 Å². The van der Waals surface area contributed by atoms with Crippen LogP contribution in [0.1, 0.15) is 16.7 Å². The number of nitrogen functional groups attached to an aromatic ring is 1. The molecule has 2 atom stereocenters. The molecule has 0 spiro atoms. The van der Waals surface area contributed by atoms with Crippen molar-refractivity contribution < 1.29 is 19.5 Å². The van der Waals surface area contributed by atoms with Crippen LogP contribution in [0.15, 0.2) is 85.5 Å². The number of phenols is 1. The molecule has 12 heteroatoms. The number of hydrogen-bond acceptors (Lipinski definition) is 7. The lowest BCUT2D eigenvalue weighted by molar-refractivity contribution is -0.156. The van der Waals surface area contributed by atoms with E-state index >= 15 is 0 Å². The number of aromatic hydroxyl groups is 1. The van der Waals surface area contributed by atoms with Gasteiger partial charge in [0.05, 0.1) is 18.6 Å². The number of H-pyrrole nitrogens is 1. The zero-order chi connectivity index (χ0) is 31.1. The minimum Gasteiger partial charge on any atom is -0.508 e. The molecule has 1 aliphatic heterocycles. The molecular weight excluding hydrogens is 560 g/mol. The standard InChI is InChI=1S/C32H36N8O4/c1-2-15-34-18-28(42)40-26(16-21-11-13-24(41)14-12-21)31(43)39(19-23-9-6-10-25-29(23)37-38-30(25)33)20-27(40)36-32(44)35-17-22-7-4-3-5-8-22/h2-14,26-27,34,41H,1,15-20H2,(H3,33,37,38)(H2,35,36,44)/t26?,27-/m1/s1. The van der Waals surface area contributed by atoms with Crippen molar-refractivity contribution in [2.24, 2.45) is 0 Å². The smallest absolute Gasteiger partial charge is 0.316 e. The first kappa shape index (κ1) is 30.1. The van der Waals surface area contributed by atoms with E-state index < -0.39 is 18.2 Å². The number of carbonyl (C=O) groups excluding carboxylic acids is 3. The number of aromatic nitrogens is 2. The van der Waals surface area contributed by atoms with Crippen molar-refractivity contribution in [1.29, 1.82) is 0 Å². The number of benzene rings is 3. The highest BCUT2D eigenvalue weighted by molar-refractivity contribution is 5.93. The molecule has 12 nitrogen and oxygen atoms in total. The lowest BCUT2D eigenvalue weighted by atomic mass is 9.98. The van der Waals surface area contributed by atoms with Crippen molar-refractivity contribution in [3.63, 3.8) is 0 Å². The predicted molar refractivity (Wildman–Crippen MR) is 167 cm³/mol. The van der Waals surface area contributed by atoms with E-state index in [4.69, 9.17) is 5.73 Å². The van der Waals surface area contributed by atoms with Crippen LogP contribution in [-0.4, -0.2) is 74.8 Å². The highest BCUT2D eigenvalue weighted by Gasteiger charge is 2.43. The fraction of sp³-hybridized carbons (Fsp3) is 0.250. The first-order valence-electron chi connectivity index (χ1n) is 14.3. The van der Waals surface area contributed by atoms with Gasteiger partial charge < -0.3 is 36.6 Å². The number of nitrogens with two attached hydrogens (primary N) is 1. The number of nitrogens with one attached hydrogen (secondary N) is 4. The Morgan fingerprint density at radius 1 is 1.07 bits per heavy atom. The zero-order valence-corrected chi connectivity index (χ0v) is 24.2.